The largest absolute Gasteiger partial charge is 0.475 e. The zero-order chi connectivity index (χ0) is 19.8. The van der Waals surface area contributed by atoms with Crippen molar-refractivity contribution in [3.63, 3.8) is 0 Å². The predicted molar refractivity (Wildman–Crippen MR) is 128 cm³/mol. The van der Waals surface area contributed by atoms with E-state index in [1.807, 2.05) is 50.5 Å². The van der Waals surface area contributed by atoms with E-state index in [1.54, 1.807) is 0 Å². The zero-order valence-corrected chi connectivity index (χ0v) is 19.7. The topological polar surface area (TPSA) is 65.9 Å². The van der Waals surface area contributed by atoms with Gasteiger partial charge >= 0.3 is 0 Å². The van der Waals surface area contributed by atoms with Crippen molar-refractivity contribution < 1.29 is 4.74 Å². The van der Waals surface area contributed by atoms with E-state index in [-0.39, 0.29) is 30.1 Å². The van der Waals surface area contributed by atoms with Crippen molar-refractivity contribution in [2.24, 2.45) is 4.99 Å². The van der Waals surface area contributed by atoms with Gasteiger partial charge in [0.15, 0.2) is 5.96 Å². The van der Waals surface area contributed by atoms with Gasteiger partial charge in [-0.2, -0.15) is 0 Å². The number of aromatic nitrogens is 2. The van der Waals surface area contributed by atoms with E-state index in [0.717, 1.165) is 50.1 Å². The van der Waals surface area contributed by atoms with Crippen molar-refractivity contribution >= 4 is 35.8 Å². The Labute approximate surface area is 190 Å². The third-order valence-corrected chi connectivity index (χ3v) is 4.45. The van der Waals surface area contributed by atoms with Crippen LogP contribution in [0.2, 0.25) is 0 Å². The summed E-state index contributed by atoms with van der Waals surface area (Å²) in [5.41, 5.74) is 1.07. The number of ether oxygens (including phenoxy) is 1. The number of hydrogen-bond donors (Lipinski definition) is 1. The second-order valence-electron chi connectivity index (χ2n) is 7.00. The quantitative estimate of drug-likeness (QED) is 0.366. The van der Waals surface area contributed by atoms with Crippen LogP contribution in [0.4, 0.5) is 5.82 Å². The summed E-state index contributed by atoms with van der Waals surface area (Å²) in [6.07, 6.45) is 3.81. The van der Waals surface area contributed by atoms with E-state index < -0.39 is 0 Å². The van der Waals surface area contributed by atoms with Crippen LogP contribution in [0.15, 0.2) is 47.7 Å². The molecular formula is C21H31IN6O. The standard InChI is InChI=1S/C21H30N6O.HI/c1-4-22-21(25-16-18-8-9-20(24-15-18)28-17(2)3)27-13-11-26(12-14-27)19-7-5-6-10-23-19;/h5-10,15,17H,4,11-14,16H2,1-3H3,(H,22,25);1H. The minimum atomic E-state index is 0. The van der Waals surface area contributed by atoms with E-state index in [1.165, 1.54) is 0 Å². The van der Waals surface area contributed by atoms with E-state index in [4.69, 9.17) is 9.73 Å². The third-order valence-electron chi connectivity index (χ3n) is 4.45. The fraction of sp³-hybridized carbons (Fsp3) is 0.476. The monoisotopic (exact) mass is 510 g/mol. The second-order valence-corrected chi connectivity index (χ2v) is 7.00. The number of nitrogens with zero attached hydrogens (tertiary/aromatic N) is 5. The highest BCUT2D eigenvalue weighted by Crippen LogP contribution is 2.13. The van der Waals surface area contributed by atoms with Gasteiger partial charge in [0.1, 0.15) is 5.82 Å². The molecule has 0 aliphatic carbocycles. The molecule has 1 saturated heterocycles. The number of aliphatic imine (C=N–C) groups is 1. The first-order valence-electron chi connectivity index (χ1n) is 9.96. The van der Waals surface area contributed by atoms with Crippen LogP contribution in [0.3, 0.4) is 0 Å². The lowest BCUT2D eigenvalue weighted by Gasteiger charge is -2.37. The molecule has 1 N–H and O–H groups in total. The van der Waals surface area contributed by atoms with Gasteiger partial charge in [0.2, 0.25) is 5.88 Å². The van der Waals surface area contributed by atoms with Gasteiger partial charge in [-0.3, -0.25) is 0 Å². The number of rotatable bonds is 6. The highest BCUT2D eigenvalue weighted by atomic mass is 127. The van der Waals surface area contributed by atoms with Crippen LogP contribution in [0.1, 0.15) is 26.3 Å². The molecule has 0 unspecified atom stereocenters. The van der Waals surface area contributed by atoms with Crippen LogP contribution in [-0.4, -0.2) is 59.7 Å². The summed E-state index contributed by atoms with van der Waals surface area (Å²) < 4.78 is 5.60. The minimum Gasteiger partial charge on any atom is -0.475 e. The first-order chi connectivity index (χ1) is 13.7. The number of piperazine rings is 1. The number of halogens is 1. The number of hydrogen-bond acceptors (Lipinski definition) is 5. The number of pyridine rings is 2. The first-order valence-corrected chi connectivity index (χ1v) is 9.96. The molecule has 0 spiro atoms. The van der Waals surface area contributed by atoms with Gasteiger partial charge in [-0.15, -0.1) is 24.0 Å². The molecule has 8 heteroatoms. The van der Waals surface area contributed by atoms with Crippen molar-refractivity contribution in [2.45, 2.75) is 33.4 Å². The van der Waals surface area contributed by atoms with Crippen LogP contribution >= 0.6 is 24.0 Å². The van der Waals surface area contributed by atoms with Crippen molar-refractivity contribution in [1.82, 2.24) is 20.2 Å². The maximum atomic E-state index is 5.60. The molecule has 7 nitrogen and oxygen atoms in total. The summed E-state index contributed by atoms with van der Waals surface area (Å²) in [7, 11) is 0. The molecular weight excluding hydrogens is 479 g/mol. The molecule has 2 aromatic rings. The molecule has 158 valence electrons. The molecule has 2 aromatic heterocycles. The lowest BCUT2D eigenvalue weighted by Crippen LogP contribution is -2.52. The maximum Gasteiger partial charge on any atom is 0.213 e. The molecule has 0 aromatic carbocycles. The van der Waals surface area contributed by atoms with Crippen LogP contribution in [0.25, 0.3) is 0 Å². The van der Waals surface area contributed by atoms with Crippen molar-refractivity contribution in [3.8, 4) is 5.88 Å². The highest BCUT2D eigenvalue weighted by molar-refractivity contribution is 14.0. The Morgan fingerprint density at radius 2 is 1.93 bits per heavy atom. The second kappa shape index (κ2) is 11.8. The van der Waals surface area contributed by atoms with Crippen LogP contribution in [-0.2, 0) is 6.54 Å². The number of guanidine groups is 1. The number of nitrogens with one attached hydrogen (secondary N) is 1. The van der Waals surface area contributed by atoms with E-state index in [2.05, 4.69) is 38.1 Å². The van der Waals surface area contributed by atoms with Gasteiger partial charge in [0.05, 0.1) is 12.6 Å². The Kier molecular flexibility index (Phi) is 9.43. The number of anilines is 1. The van der Waals surface area contributed by atoms with E-state index in [9.17, 15) is 0 Å². The zero-order valence-electron chi connectivity index (χ0n) is 17.4. The highest BCUT2D eigenvalue weighted by Gasteiger charge is 2.20. The van der Waals surface area contributed by atoms with Crippen LogP contribution in [0, 0.1) is 0 Å². The molecule has 0 bridgehead atoms. The van der Waals surface area contributed by atoms with Crippen molar-refractivity contribution in [1.29, 1.82) is 0 Å². The van der Waals surface area contributed by atoms with Gasteiger partial charge in [0.25, 0.3) is 0 Å². The van der Waals surface area contributed by atoms with E-state index >= 15 is 0 Å². The lowest BCUT2D eigenvalue weighted by atomic mass is 10.3. The first kappa shape index (κ1) is 23.2. The van der Waals surface area contributed by atoms with Crippen LogP contribution in [0.5, 0.6) is 5.88 Å². The average Bonchev–Trinajstić information content (AvgIpc) is 2.73. The Morgan fingerprint density at radius 1 is 1.14 bits per heavy atom. The van der Waals surface area contributed by atoms with Gasteiger partial charge < -0.3 is 19.9 Å². The molecule has 1 aliphatic rings. The summed E-state index contributed by atoms with van der Waals surface area (Å²) in [6.45, 7) is 11.2. The minimum absolute atomic E-state index is 0. The lowest BCUT2D eigenvalue weighted by molar-refractivity contribution is 0.232. The smallest absolute Gasteiger partial charge is 0.213 e. The molecule has 0 saturated carbocycles. The van der Waals surface area contributed by atoms with Crippen molar-refractivity contribution in [2.75, 3.05) is 37.6 Å². The third kappa shape index (κ3) is 7.02. The Bertz CT molecular complexity index is 746. The summed E-state index contributed by atoms with van der Waals surface area (Å²) >= 11 is 0. The molecule has 1 fully saturated rings. The Hall–Kier alpha value is -2.10. The van der Waals surface area contributed by atoms with Gasteiger partial charge in [-0.1, -0.05) is 12.1 Å². The summed E-state index contributed by atoms with van der Waals surface area (Å²) in [4.78, 5) is 18.3. The average molecular weight is 510 g/mol. The Morgan fingerprint density at radius 3 is 2.52 bits per heavy atom. The fourth-order valence-electron chi connectivity index (χ4n) is 3.10. The summed E-state index contributed by atoms with van der Waals surface area (Å²) in [5.74, 6) is 2.64. The molecule has 3 rings (SSSR count). The molecule has 0 radical (unpaired) electrons. The molecule has 1 aliphatic heterocycles. The van der Waals surface area contributed by atoms with Gasteiger partial charge in [-0.25, -0.2) is 15.0 Å². The maximum absolute atomic E-state index is 5.60. The normalized spacial score (nSPS) is 14.6. The predicted octanol–water partition coefficient (Wildman–Crippen LogP) is 3.17. The van der Waals surface area contributed by atoms with Crippen molar-refractivity contribution in [3.05, 3.63) is 48.3 Å². The van der Waals surface area contributed by atoms with Crippen LogP contribution < -0.4 is 15.0 Å². The van der Waals surface area contributed by atoms with E-state index in [0.29, 0.717) is 12.4 Å². The summed E-state index contributed by atoms with van der Waals surface area (Å²) in [5, 5.41) is 3.41. The SMILES string of the molecule is CCNC(=NCc1ccc(OC(C)C)nc1)N1CCN(c2ccccn2)CC1.I. The molecule has 29 heavy (non-hydrogen) atoms. The summed E-state index contributed by atoms with van der Waals surface area (Å²) in [6, 6.07) is 9.98. The Balaban J connectivity index is 0.00000300. The molecule has 3 heterocycles. The van der Waals surface area contributed by atoms with Gasteiger partial charge in [0, 0.05) is 51.2 Å². The molecule has 0 atom stereocenters. The fourth-order valence-corrected chi connectivity index (χ4v) is 3.10. The van der Waals surface area contributed by atoms with Gasteiger partial charge in [-0.05, 0) is 38.5 Å². The molecule has 0 amide bonds.